The Balaban J connectivity index is 1.75. The lowest BCUT2D eigenvalue weighted by Crippen LogP contribution is -2.16. The molecule has 3 aromatic heterocycles. The summed E-state index contributed by atoms with van der Waals surface area (Å²) in [5.41, 5.74) is 1.39. The van der Waals surface area contributed by atoms with E-state index in [1.54, 1.807) is 47.3 Å². The van der Waals surface area contributed by atoms with Crippen LogP contribution >= 0.6 is 0 Å². The van der Waals surface area contributed by atoms with Crippen LogP contribution in [-0.2, 0) is 22.0 Å². The van der Waals surface area contributed by atoms with E-state index in [0.717, 1.165) is 5.56 Å². The molecule has 0 saturated carbocycles. The van der Waals surface area contributed by atoms with Crippen molar-refractivity contribution in [3.63, 3.8) is 0 Å². The van der Waals surface area contributed by atoms with Crippen LogP contribution in [0.2, 0.25) is 0 Å². The van der Waals surface area contributed by atoms with Crippen LogP contribution < -0.4 is 9.47 Å². The third kappa shape index (κ3) is 4.93. The van der Waals surface area contributed by atoms with Gasteiger partial charge in [0.05, 0.1) is 20.0 Å². The Morgan fingerprint density at radius 1 is 0.971 bits per heavy atom. The molecule has 0 radical (unpaired) electrons. The smallest absolute Gasteiger partial charge is 0.204 e. The van der Waals surface area contributed by atoms with Gasteiger partial charge in [0.15, 0.2) is 21.4 Å². The number of aromatic nitrogens is 5. The highest BCUT2D eigenvalue weighted by Gasteiger charge is 2.27. The van der Waals surface area contributed by atoms with Crippen molar-refractivity contribution in [1.82, 2.24) is 24.7 Å². The summed E-state index contributed by atoms with van der Waals surface area (Å²) < 4.78 is 44.6. The van der Waals surface area contributed by atoms with E-state index < -0.39 is 9.84 Å². The number of sulfone groups is 1. The first-order valence-corrected chi connectivity index (χ1v) is 12.3. The van der Waals surface area contributed by atoms with Gasteiger partial charge in [-0.05, 0) is 43.7 Å². The Hall–Kier alpha value is -3.73. The summed E-state index contributed by atoms with van der Waals surface area (Å²) in [6, 6.07) is 8.83. The van der Waals surface area contributed by atoms with E-state index >= 15 is 0 Å². The minimum absolute atomic E-state index is 0.138. The largest absolute Gasteiger partial charge is 0.494 e. The highest BCUT2D eigenvalue weighted by Crippen LogP contribution is 2.36. The molecule has 0 atom stereocenters. The number of furan rings is 1. The van der Waals surface area contributed by atoms with Crippen LogP contribution in [0.15, 0.2) is 47.1 Å². The molecule has 0 fully saturated rings. The van der Waals surface area contributed by atoms with E-state index in [1.165, 1.54) is 14.2 Å². The number of nitrogens with zero attached hydrogens (tertiary/aromatic N) is 5. The molecule has 0 N–H and O–H groups in total. The van der Waals surface area contributed by atoms with Crippen molar-refractivity contribution >= 4 is 9.84 Å². The molecule has 34 heavy (non-hydrogen) atoms. The molecule has 0 amide bonds. The van der Waals surface area contributed by atoms with Crippen molar-refractivity contribution in [3.8, 4) is 28.8 Å². The summed E-state index contributed by atoms with van der Waals surface area (Å²) in [5.74, 6) is 2.58. The topological polar surface area (TPSA) is 122 Å². The summed E-state index contributed by atoms with van der Waals surface area (Å²) >= 11 is 0. The standard InChI is InChI=1S/C23H25N5O5S/c1-15-12-24-20(25-13-15)10-11-34(29,30)14-21-26-27-23(19-9-8-16(2)33-19)28(21)22-17(31-3)6-5-7-18(22)32-4/h5-9,12-13H,10-11,14H2,1-4H3. The monoisotopic (exact) mass is 483 g/mol. The van der Waals surface area contributed by atoms with Crippen LogP contribution in [0.5, 0.6) is 11.5 Å². The Bertz CT molecular complexity index is 1370. The van der Waals surface area contributed by atoms with Gasteiger partial charge in [-0.1, -0.05) is 6.07 Å². The minimum Gasteiger partial charge on any atom is -0.494 e. The lowest BCUT2D eigenvalue weighted by atomic mass is 10.2. The zero-order valence-electron chi connectivity index (χ0n) is 19.3. The second kappa shape index (κ2) is 9.64. The van der Waals surface area contributed by atoms with Crippen LogP contribution in [0, 0.1) is 13.8 Å². The van der Waals surface area contributed by atoms with Gasteiger partial charge >= 0.3 is 0 Å². The fourth-order valence-electron chi connectivity index (χ4n) is 3.48. The number of methoxy groups -OCH3 is 2. The quantitative estimate of drug-likeness (QED) is 0.353. The second-order valence-corrected chi connectivity index (χ2v) is 9.90. The average Bonchev–Trinajstić information content (AvgIpc) is 3.43. The highest BCUT2D eigenvalue weighted by molar-refractivity contribution is 7.90. The molecule has 0 unspecified atom stereocenters. The fourth-order valence-corrected chi connectivity index (χ4v) is 4.69. The normalized spacial score (nSPS) is 11.5. The van der Waals surface area contributed by atoms with Crippen LogP contribution in [0.25, 0.3) is 17.3 Å². The summed E-state index contributed by atoms with van der Waals surface area (Å²) in [5, 5.41) is 8.47. The van der Waals surface area contributed by atoms with Crippen molar-refractivity contribution in [3.05, 3.63) is 65.7 Å². The van der Waals surface area contributed by atoms with E-state index in [-0.39, 0.29) is 23.8 Å². The van der Waals surface area contributed by atoms with Gasteiger partial charge < -0.3 is 13.9 Å². The number of benzene rings is 1. The Morgan fingerprint density at radius 2 is 1.65 bits per heavy atom. The molecule has 0 saturated heterocycles. The van der Waals surface area contributed by atoms with Crippen molar-refractivity contribution < 1.29 is 22.3 Å². The first kappa shape index (κ1) is 23.4. The van der Waals surface area contributed by atoms with E-state index in [0.29, 0.717) is 40.4 Å². The summed E-state index contributed by atoms with van der Waals surface area (Å²) in [6.45, 7) is 3.68. The second-order valence-electron chi connectivity index (χ2n) is 7.72. The van der Waals surface area contributed by atoms with Crippen LogP contribution in [0.1, 0.15) is 23.0 Å². The fraction of sp³-hybridized carbons (Fsp3) is 0.304. The molecule has 4 rings (SSSR count). The molecule has 11 heteroatoms. The molecule has 0 spiro atoms. The molecular weight excluding hydrogens is 458 g/mol. The van der Waals surface area contributed by atoms with Crippen molar-refractivity contribution in [1.29, 1.82) is 0 Å². The lowest BCUT2D eigenvalue weighted by Gasteiger charge is -2.16. The summed E-state index contributed by atoms with van der Waals surface area (Å²) in [4.78, 5) is 8.38. The van der Waals surface area contributed by atoms with Crippen molar-refractivity contribution in [2.45, 2.75) is 26.0 Å². The van der Waals surface area contributed by atoms with Gasteiger partial charge in [0.25, 0.3) is 0 Å². The number of hydrogen-bond donors (Lipinski definition) is 0. The average molecular weight is 484 g/mol. The number of aryl methyl sites for hydroxylation is 3. The van der Waals surface area contributed by atoms with E-state index in [1.807, 2.05) is 13.8 Å². The molecule has 178 valence electrons. The molecule has 10 nitrogen and oxygen atoms in total. The summed E-state index contributed by atoms with van der Waals surface area (Å²) in [7, 11) is -0.542. The molecule has 4 aromatic rings. The third-order valence-corrected chi connectivity index (χ3v) is 6.66. The maximum Gasteiger partial charge on any atom is 0.204 e. The number of hydrogen-bond acceptors (Lipinski definition) is 9. The highest BCUT2D eigenvalue weighted by atomic mass is 32.2. The predicted octanol–water partition coefficient (Wildman–Crippen LogP) is 3.11. The van der Waals surface area contributed by atoms with Gasteiger partial charge in [-0.2, -0.15) is 0 Å². The Kier molecular flexibility index (Phi) is 6.64. The maximum atomic E-state index is 13.1. The molecular formula is C23H25N5O5S. The number of rotatable bonds is 9. The SMILES string of the molecule is COc1cccc(OC)c1-n1c(CS(=O)(=O)CCc2ncc(C)cn2)nnc1-c1ccc(C)o1. The van der Waals surface area contributed by atoms with Crippen LogP contribution in [-0.4, -0.2) is 53.1 Å². The zero-order chi connectivity index (χ0) is 24.3. The summed E-state index contributed by atoms with van der Waals surface area (Å²) in [6.07, 6.45) is 3.52. The molecule has 3 heterocycles. The van der Waals surface area contributed by atoms with Gasteiger partial charge in [0, 0.05) is 18.8 Å². The van der Waals surface area contributed by atoms with Crippen LogP contribution in [0.4, 0.5) is 0 Å². The van der Waals surface area contributed by atoms with Gasteiger partial charge in [-0.3, -0.25) is 4.57 Å². The molecule has 0 bridgehead atoms. The first-order valence-electron chi connectivity index (χ1n) is 10.5. The van der Waals surface area contributed by atoms with E-state index in [2.05, 4.69) is 20.2 Å². The lowest BCUT2D eigenvalue weighted by molar-refractivity contribution is 0.390. The minimum atomic E-state index is -3.59. The first-order chi connectivity index (χ1) is 16.3. The van der Waals surface area contributed by atoms with E-state index in [4.69, 9.17) is 13.9 Å². The Labute approximate surface area is 197 Å². The van der Waals surface area contributed by atoms with Gasteiger partial charge in [-0.25, -0.2) is 18.4 Å². The van der Waals surface area contributed by atoms with Gasteiger partial charge in [0.1, 0.15) is 34.5 Å². The van der Waals surface area contributed by atoms with Crippen LogP contribution in [0.3, 0.4) is 0 Å². The zero-order valence-corrected chi connectivity index (χ0v) is 20.2. The van der Waals surface area contributed by atoms with Crippen molar-refractivity contribution in [2.75, 3.05) is 20.0 Å². The molecule has 0 aliphatic carbocycles. The molecule has 0 aliphatic rings. The third-order valence-electron chi connectivity index (χ3n) is 5.14. The van der Waals surface area contributed by atoms with Gasteiger partial charge in [0.2, 0.25) is 5.82 Å². The Morgan fingerprint density at radius 3 is 2.24 bits per heavy atom. The van der Waals surface area contributed by atoms with E-state index in [9.17, 15) is 8.42 Å². The van der Waals surface area contributed by atoms with Crippen molar-refractivity contribution in [2.24, 2.45) is 0 Å². The number of para-hydroxylation sites is 1. The molecule has 0 aliphatic heterocycles. The maximum absolute atomic E-state index is 13.1. The van der Waals surface area contributed by atoms with Gasteiger partial charge in [-0.15, -0.1) is 10.2 Å². The molecule has 1 aromatic carbocycles. The number of ether oxygens (including phenoxy) is 2. The predicted molar refractivity (Wildman–Crippen MR) is 125 cm³/mol.